The maximum atomic E-state index is 13.5. The van der Waals surface area contributed by atoms with Crippen LogP contribution >= 0.6 is 0 Å². The summed E-state index contributed by atoms with van der Waals surface area (Å²) in [4.78, 5) is 23.8. The number of rotatable bonds is 3. The summed E-state index contributed by atoms with van der Waals surface area (Å²) in [5.41, 5.74) is 0.815. The molecule has 29 heavy (non-hydrogen) atoms. The zero-order chi connectivity index (χ0) is 21.1. The first-order valence-electron chi connectivity index (χ1n) is 8.58. The van der Waals surface area contributed by atoms with Crippen LogP contribution in [0.25, 0.3) is 12.2 Å². The van der Waals surface area contributed by atoms with E-state index in [2.05, 4.69) is 5.32 Å². The molecule has 2 aromatic carbocycles. The van der Waals surface area contributed by atoms with Gasteiger partial charge in [0.15, 0.2) is 29.1 Å². The summed E-state index contributed by atoms with van der Waals surface area (Å²) >= 11 is 0. The summed E-state index contributed by atoms with van der Waals surface area (Å²) in [6.07, 6.45) is 1.49. The van der Waals surface area contributed by atoms with Crippen LogP contribution in [0.3, 0.4) is 0 Å². The molecule has 1 atom stereocenters. The highest BCUT2D eigenvalue weighted by Crippen LogP contribution is 2.29. The molecule has 8 heteroatoms. The Morgan fingerprint density at radius 2 is 1.31 bits per heavy atom. The topological polar surface area (TPSA) is 66.4 Å². The first kappa shape index (κ1) is 20.3. The van der Waals surface area contributed by atoms with Gasteiger partial charge >= 0.3 is 6.09 Å². The molecule has 1 aliphatic rings. The van der Waals surface area contributed by atoms with Crippen LogP contribution in [0.4, 0.5) is 22.4 Å². The Bertz CT molecular complexity index is 973. The van der Waals surface area contributed by atoms with Gasteiger partial charge in [-0.25, -0.2) is 22.4 Å². The predicted molar refractivity (Wildman–Crippen MR) is 97.9 cm³/mol. The molecule has 0 spiro atoms. The number of ketones is 1. The standard InChI is InChI=1S/C21H15F4NO3/c22-16-3-1-11(7-18(16)24)5-13-9-15(26-21(28)29)10-14(20(13)27)6-12-2-4-17(23)19(25)8-12/h1-8,15,26H,9-10H2,(H,28,29)/b13-5-,14-6+. The van der Waals surface area contributed by atoms with Crippen molar-refractivity contribution in [3.8, 4) is 0 Å². The van der Waals surface area contributed by atoms with Crippen molar-refractivity contribution in [1.29, 1.82) is 0 Å². The molecule has 0 bridgehead atoms. The van der Waals surface area contributed by atoms with Crippen LogP contribution in [0.2, 0.25) is 0 Å². The smallest absolute Gasteiger partial charge is 0.404 e. The van der Waals surface area contributed by atoms with E-state index in [1.165, 1.54) is 24.3 Å². The summed E-state index contributed by atoms with van der Waals surface area (Å²) in [5.74, 6) is -4.68. The Morgan fingerprint density at radius 3 is 1.69 bits per heavy atom. The van der Waals surface area contributed by atoms with Gasteiger partial charge in [0.2, 0.25) is 0 Å². The third-order valence-electron chi connectivity index (χ3n) is 4.41. The minimum absolute atomic E-state index is 0.0409. The molecule has 1 amide bonds. The number of carbonyl (C=O) groups excluding carboxylic acids is 1. The Balaban J connectivity index is 1.99. The molecule has 2 N–H and O–H groups in total. The minimum Gasteiger partial charge on any atom is -0.465 e. The van der Waals surface area contributed by atoms with Gasteiger partial charge in [-0.2, -0.15) is 0 Å². The second-order valence-electron chi connectivity index (χ2n) is 6.57. The van der Waals surface area contributed by atoms with Crippen LogP contribution in [0.15, 0.2) is 47.5 Å². The fraction of sp³-hybridized carbons (Fsp3) is 0.143. The first-order chi connectivity index (χ1) is 13.7. The van der Waals surface area contributed by atoms with Crippen molar-refractivity contribution in [3.63, 3.8) is 0 Å². The number of amides is 1. The molecule has 0 aliphatic heterocycles. The second kappa shape index (κ2) is 8.30. The molecule has 150 valence electrons. The van der Waals surface area contributed by atoms with Crippen molar-refractivity contribution in [1.82, 2.24) is 5.32 Å². The monoisotopic (exact) mass is 405 g/mol. The van der Waals surface area contributed by atoms with E-state index in [1.54, 1.807) is 0 Å². The van der Waals surface area contributed by atoms with Crippen molar-refractivity contribution < 1.29 is 32.3 Å². The van der Waals surface area contributed by atoms with Gasteiger partial charge in [0.1, 0.15) is 0 Å². The SMILES string of the molecule is O=C(O)NC1C/C(=C/c2ccc(F)c(F)c2)C(=O)/C(=C/c2ccc(F)c(F)c2)C1. The van der Waals surface area contributed by atoms with E-state index in [1.807, 2.05) is 0 Å². The van der Waals surface area contributed by atoms with Crippen LogP contribution < -0.4 is 5.32 Å². The zero-order valence-electron chi connectivity index (χ0n) is 14.9. The fourth-order valence-corrected chi connectivity index (χ4v) is 3.13. The van der Waals surface area contributed by atoms with E-state index in [-0.39, 0.29) is 35.1 Å². The fourth-order valence-electron chi connectivity index (χ4n) is 3.13. The quantitative estimate of drug-likeness (QED) is 0.574. The molecule has 1 fully saturated rings. The number of Topliss-reactive ketones (excluding diaryl/α,β-unsaturated/α-hetero) is 1. The summed E-state index contributed by atoms with van der Waals surface area (Å²) in [5, 5.41) is 11.3. The van der Waals surface area contributed by atoms with E-state index in [4.69, 9.17) is 5.11 Å². The summed E-state index contributed by atoms with van der Waals surface area (Å²) in [6.45, 7) is 0. The lowest BCUT2D eigenvalue weighted by Crippen LogP contribution is -2.38. The average Bonchev–Trinajstić information content (AvgIpc) is 2.64. The Kier molecular flexibility index (Phi) is 5.81. The summed E-state index contributed by atoms with van der Waals surface area (Å²) < 4.78 is 53.2. The van der Waals surface area contributed by atoms with Crippen LogP contribution in [0.1, 0.15) is 24.0 Å². The molecule has 0 radical (unpaired) electrons. The highest BCUT2D eigenvalue weighted by molar-refractivity contribution is 6.14. The van der Waals surface area contributed by atoms with Gasteiger partial charge < -0.3 is 10.4 Å². The molecule has 1 saturated carbocycles. The van der Waals surface area contributed by atoms with E-state index in [9.17, 15) is 27.2 Å². The van der Waals surface area contributed by atoms with Crippen molar-refractivity contribution in [2.45, 2.75) is 18.9 Å². The lowest BCUT2D eigenvalue weighted by Gasteiger charge is -2.25. The Morgan fingerprint density at radius 1 is 0.862 bits per heavy atom. The molecule has 1 aliphatic carbocycles. The number of carboxylic acid groups (broad SMARTS) is 1. The highest BCUT2D eigenvalue weighted by Gasteiger charge is 2.29. The number of halogens is 4. The molecular weight excluding hydrogens is 390 g/mol. The summed E-state index contributed by atoms with van der Waals surface area (Å²) in [7, 11) is 0. The van der Waals surface area contributed by atoms with E-state index in [0.29, 0.717) is 0 Å². The molecule has 0 saturated heterocycles. The maximum Gasteiger partial charge on any atom is 0.404 e. The highest BCUT2D eigenvalue weighted by atomic mass is 19.2. The maximum absolute atomic E-state index is 13.5. The van der Waals surface area contributed by atoms with Crippen molar-refractivity contribution in [2.75, 3.05) is 0 Å². The number of nitrogens with one attached hydrogen (secondary N) is 1. The van der Waals surface area contributed by atoms with E-state index >= 15 is 0 Å². The normalized spacial score (nSPS) is 19.6. The van der Waals surface area contributed by atoms with Gasteiger partial charge in [-0.05, 0) is 60.4 Å². The molecule has 0 heterocycles. The number of carbonyl (C=O) groups is 2. The molecule has 2 aromatic rings. The third-order valence-corrected chi connectivity index (χ3v) is 4.41. The van der Waals surface area contributed by atoms with Gasteiger partial charge in [0.25, 0.3) is 0 Å². The van der Waals surface area contributed by atoms with Crippen LogP contribution in [-0.2, 0) is 4.79 Å². The number of hydrogen-bond donors (Lipinski definition) is 2. The van der Waals surface area contributed by atoms with E-state index in [0.717, 1.165) is 24.3 Å². The molecule has 4 nitrogen and oxygen atoms in total. The first-order valence-corrected chi connectivity index (χ1v) is 8.58. The van der Waals surface area contributed by atoms with Crippen molar-refractivity contribution in [3.05, 3.63) is 81.9 Å². The summed E-state index contributed by atoms with van der Waals surface area (Å²) in [6, 6.07) is 5.58. The van der Waals surface area contributed by atoms with Gasteiger partial charge in [-0.3, -0.25) is 4.79 Å². The van der Waals surface area contributed by atoms with Gasteiger partial charge in [-0.15, -0.1) is 0 Å². The third kappa shape index (κ3) is 4.90. The second-order valence-corrected chi connectivity index (χ2v) is 6.57. The van der Waals surface area contributed by atoms with Gasteiger partial charge in [0.05, 0.1) is 0 Å². The van der Waals surface area contributed by atoms with Crippen LogP contribution in [0.5, 0.6) is 0 Å². The van der Waals surface area contributed by atoms with Gasteiger partial charge in [-0.1, -0.05) is 12.1 Å². The lowest BCUT2D eigenvalue weighted by atomic mass is 9.83. The molecule has 0 aromatic heterocycles. The molecule has 1 unspecified atom stereocenters. The Hall–Kier alpha value is -3.42. The largest absolute Gasteiger partial charge is 0.465 e. The molecular formula is C21H15F4NO3. The van der Waals surface area contributed by atoms with Crippen LogP contribution in [-0.4, -0.2) is 23.0 Å². The minimum atomic E-state index is -1.29. The van der Waals surface area contributed by atoms with Gasteiger partial charge in [0, 0.05) is 17.2 Å². The predicted octanol–water partition coefficient (Wildman–Crippen LogP) is 4.71. The number of hydrogen-bond acceptors (Lipinski definition) is 2. The van der Waals surface area contributed by atoms with E-state index < -0.39 is 41.2 Å². The molecule has 3 rings (SSSR count). The van der Waals surface area contributed by atoms with Crippen molar-refractivity contribution >= 4 is 24.0 Å². The zero-order valence-corrected chi connectivity index (χ0v) is 14.9. The number of benzene rings is 2. The average molecular weight is 405 g/mol. The van der Waals surface area contributed by atoms with Crippen LogP contribution in [0, 0.1) is 23.3 Å². The Labute approximate surface area is 163 Å². The lowest BCUT2D eigenvalue weighted by molar-refractivity contribution is -0.113. The van der Waals surface area contributed by atoms with Crippen molar-refractivity contribution in [2.24, 2.45) is 0 Å².